The topological polar surface area (TPSA) is 54.7 Å². The lowest BCUT2D eigenvalue weighted by Crippen LogP contribution is -1.91. The van der Waals surface area contributed by atoms with Crippen LogP contribution in [0.5, 0.6) is 0 Å². The Kier molecular flexibility index (Phi) is 2.88. The average molecular weight is 236 g/mol. The molecule has 0 amide bonds. The van der Waals surface area contributed by atoms with E-state index in [1.807, 2.05) is 18.2 Å². The van der Waals surface area contributed by atoms with Gasteiger partial charge in [-0.1, -0.05) is 37.6 Å². The van der Waals surface area contributed by atoms with Crippen molar-refractivity contribution in [1.82, 2.24) is 10.2 Å². The highest BCUT2D eigenvalue weighted by atomic mass is 35.5. The van der Waals surface area contributed by atoms with Crippen molar-refractivity contribution in [2.75, 3.05) is 5.73 Å². The van der Waals surface area contributed by atoms with Gasteiger partial charge in [0.05, 0.1) is 6.20 Å². The molecule has 3 N–H and O–H groups in total. The minimum Gasteiger partial charge on any atom is -0.384 e. The molecular weight excluding hydrogens is 222 g/mol. The molecule has 0 aliphatic rings. The molecule has 0 spiro atoms. The van der Waals surface area contributed by atoms with Crippen LogP contribution in [0.2, 0.25) is 5.02 Å². The van der Waals surface area contributed by atoms with Gasteiger partial charge in [0.1, 0.15) is 5.82 Å². The highest BCUT2D eigenvalue weighted by Crippen LogP contribution is 2.31. The molecule has 0 fully saturated rings. The fraction of sp³-hybridized carbons (Fsp3) is 0.250. The standard InChI is InChI=1S/C12H14ClN3/c1-7(2)9-4-3-8(5-11(9)13)10-6-15-16-12(10)14/h3-7H,1-2H3,(H3,14,15,16). The Bertz CT molecular complexity index is 503. The molecule has 0 saturated carbocycles. The zero-order valence-corrected chi connectivity index (χ0v) is 10.0. The van der Waals surface area contributed by atoms with E-state index in [4.69, 9.17) is 17.3 Å². The number of halogens is 1. The number of nitrogens with zero attached hydrogens (tertiary/aromatic N) is 1. The van der Waals surface area contributed by atoms with E-state index in [-0.39, 0.29) is 0 Å². The van der Waals surface area contributed by atoms with E-state index >= 15 is 0 Å². The summed E-state index contributed by atoms with van der Waals surface area (Å²) in [6.45, 7) is 4.24. The molecule has 84 valence electrons. The van der Waals surface area contributed by atoms with Crippen LogP contribution in [-0.2, 0) is 0 Å². The smallest absolute Gasteiger partial charge is 0.126 e. The lowest BCUT2D eigenvalue weighted by molar-refractivity contribution is 0.867. The molecule has 1 aromatic heterocycles. The monoisotopic (exact) mass is 235 g/mol. The Labute approximate surface area is 99.6 Å². The minimum atomic E-state index is 0.420. The number of rotatable bonds is 2. The number of aromatic amines is 1. The lowest BCUT2D eigenvalue weighted by atomic mass is 9.99. The van der Waals surface area contributed by atoms with Gasteiger partial charge in [0.25, 0.3) is 0 Å². The van der Waals surface area contributed by atoms with E-state index in [9.17, 15) is 0 Å². The molecule has 0 aliphatic carbocycles. The van der Waals surface area contributed by atoms with Crippen molar-refractivity contribution in [2.45, 2.75) is 19.8 Å². The van der Waals surface area contributed by atoms with Gasteiger partial charge in [0, 0.05) is 10.6 Å². The third-order valence-electron chi connectivity index (χ3n) is 2.60. The van der Waals surface area contributed by atoms with Gasteiger partial charge in [0.2, 0.25) is 0 Å². The maximum absolute atomic E-state index is 6.22. The summed E-state index contributed by atoms with van der Waals surface area (Å²) in [7, 11) is 0. The van der Waals surface area contributed by atoms with Crippen molar-refractivity contribution in [2.24, 2.45) is 0 Å². The number of benzene rings is 1. The number of H-pyrrole nitrogens is 1. The first kappa shape index (κ1) is 11.0. The summed E-state index contributed by atoms with van der Waals surface area (Å²) in [5.74, 6) is 0.983. The van der Waals surface area contributed by atoms with Gasteiger partial charge in [-0.15, -0.1) is 0 Å². The minimum absolute atomic E-state index is 0.420. The number of nitrogen functional groups attached to an aromatic ring is 1. The van der Waals surface area contributed by atoms with Crippen molar-refractivity contribution >= 4 is 17.4 Å². The Morgan fingerprint density at radius 3 is 2.62 bits per heavy atom. The van der Waals surface area contributed by atoms with E-state index < -0.39 is 0 Å². The molecule has 0 radical (unpaired) electrons. The van der Waals surface area contributed by atoms with Crippen LogP contribution in [0.3, 0.4) is 0 Å². The molecule has 2 rings (SSSR count). The predicted octanol–water partition coefficient (Wildman–Crippen LogP) is 3.44. The van der Waals surface area contributed by atoms with Crippen molar-refractivity contribution in [1.29, 1.82) is 0 Å². The van der Waals surface area contributed by atoms with Crippen LogP contribution in [0.4, 0.5) is 5.82 Å². The van der Waals surface area contributed by atoms with Gasteiger partial charge in [-0.05, 0) is 23.1 Å². The number of hydrogen-bond acceptors (Lipinski definition) is 2. The summed E-state index contributed by atoms with van der Waals surface area (Å²) in [6, 6.07) is 5.98. The summed E-state index contributed by atoms with van der Waals surface area (Å²) in [4.78, 5) is 0. The van der Waals surface area contributed by atoms with Crippen LogP contribution in [0.25, 0.3) is 11.1 Å². The lowest BCUT2D eigenvalue weighted by Gasteiger charge is -2.09. The highest BCUT2D eigenvalue weighted by molar-refractivity contribution is 6.31. The van der Waals surface area contributed by atoms with Crippen LogP contribution >= 0.6 is 11.6 Å². The van der Waals surface area contributed by atoms with E-state index in [1.54, 1.807) is 6.20 Å². The summed E-state index contributed by atoms with van der Waals surface area (Å²) in [5, 5.41) is 7.37. The number of aromatic nitrogens is 2. The predicted molar refractivity (Wildman–Crippen MR) is 67.5 cm³/mol. The second-order valence-corrected chi connectivity index (χ2v) is 4.50. The maximum atomic E-state index is 6.22. The van der Waals surface area contributed by atoms with Crippen LogP contribution in [0.15, 0.2) is 24.4 Å². The van der Waals surface area contributed by atoms with Crippen molar-refractivity contribution in [3.63, 3.8) is 0 Å². The molecule has 3 nitrogen and oxygen atoms in total. The fourth-order valence-corrected chi connectivity index (χ4v) is 2.09. The molecular formula is C12H14ClN3. The molecule has 0 aliphatic heterocycles. The number of anilines is 1. The van der Waals surface area contributed by atoms with Crippen LogP contribution in [-0.4, -0.2) is 10.2 Å². The average Bonchev–Trinajstić information content (AvgIpc) is 2.63. The number of nitrogens with one attached hydrogen (secondary N) is 1. The summed E-state index contributed by atoms with van der Waals surface area (Å²) in [6.07, 6.45) is 1.70. The highest BCUT2D eigenvalue weighted by Gasteiger charge is 2.09. The van der Waals surface area contributed by atoms with E-state index in [0.717, 1.165) is 21.7 Å². The first-order valence-electron chi connectivity index (χ1n) is 5.18. The first-order valence-corrected chi connectivity index (χ1v) is 5.56. The molecule has 0 unspecified atom stereocenters. The van der Waals surface area contributed by atoms with Crippen molar-refractivity contribution < 1.29 is 0 Å². The quantitative estimate of drug-likeness (QED) is 0.838. The molecule has 0 saturated heterocycles. The molecule has 1 aromatic carbocycles. The van der Waals surface area contributed by atoms with Gasteiger partial charge in [-0.3, -0.25) is 5.10 Å². The Balaban J connectivity index is 2.46. The second-order valence-electron chi connectivity index (χ2n) is 4.09. The van der Waals surface area contributed by atoms with Crippen molar-refractivity contribution in [3.05, 3.63) is 35.0 Å². The van der Waals surface area contributed by atoms with E-state index in [2.05, 4.69) is 24.0 Å². The van der Waals surface area contributed by atoms with Gasteiger partial charge >= 0.3 is 0 Å². The largest absolute Gasteiger partial charge is 0.384 e. The zero-order valence-electron chi connectivity index (χ0n) is 9.29. The van der Waals surface area contributed by atoms with Crippen LogP contribution in [0.1, 0.15) is 25.3 Å². The fourth-order valence-electron chi connectivity index (χ4n) is 1.69. The van der Waals surface area contributed by atoms with Gasteiger partial charge in [-0.25, -0.2) is 0 Å². The van der Waals surface area contributed by atoms with E-state index in [1.165, 1.54) is 0 Å². The molecule has 0 atom stereocenters. The Morgan fingerprint density at radius 1 is 1.38 bits per heavy atom. The molecule has 2 aromatic rings. The van der Waals surface area contributed by atoms with E-state index in [0.29, 0.717) is 11.7 Å². The third kappa shape index (κ3) is 1.91. The van der Waals surface area contributed by atoms with Gasteiger partial charge < -0.3 is 5.73 Å². The molecule has 0 bridgehead atoms. The zero-order chi connectivity index (χ0) is 11.7. The van der Waals surface area contributed by atoms with Crippen molar-refractivity contribution in [3.8, 4) is 11.1 Å². The molecule has 16 heavy (non-hydrogen) atoms. The SMILES string of the molecule is CC(C)c1ccc(-c2cn[nH]c2N)cc1Cl. The Hall–Kier alpha value is -1.48. The second kappa shape index (κ2) is 4.18. The van der Waals surface area contributed by atoms with Crippen LogP contribution in [0, 0.1) is 0 Å². The molecule has 1 heterocycles. The van der Waals surface area contributed by atoms with Gasteiger partial charge in [-0.2, -0.15) is 5.10 Å². The summed E-state index contributed by atoms with van der Waals surface area (Å²) >= 11 is 6.22. The number of hydrogen-bond donors (Lipinski definition) is 2. The van der Waals surface area contributed by atoms with Crippen LogP contribution < -0.4 is 5.73 Å². The third-order valence-corrected chi connectivity index (χ3v) is 2.93. The van der Waals surface area contributed by atoms with Gasteiger partial charge in [0.15, 0.2) is 0 Å². The summed E-state index contributed by atoms with van der Waals surface area (Å²) < 4.78 is 0. The maximum Gasteiger partial charge on any atom is 0.126 e. The Morgan fingerprint density at radius 2 is 2.12 bits per heavy atom. The normalized spacial score (nSPS) is 11.0. The first-order chi connectivity index (χ1) is 7.59. The molecule has 4 heteroatoms. The number of nitrogens with two attached hydrogens (primary N) is 1. The summed E-state index contributed by atoms with van der Waals surface area (Å²) in [5.41, 5.74) is 8.78.